The fourth-order valence-electron chi connectivity index (χ4n) is 3.05. The molecule has 0 unspecified atom stereocenters. The van der Waals surface area contributed by atoms with Gasteiger partial charge in [0.2, 0.25) is 0 Å². The molecule has 0 aliphatic rings. The summed E-state index contributed by atoms with van der Waals surface area (Å²) in [5.74, 6) is 1.05. The highest BCUT2D eigenvalue weighted by molar-refractivity contribution is 6.31. The Morgan fingerprint density at radius 3 is 2.60 bits per heavy atom. The molecule has 8 heteroatoms. The fraction of sp³-hybridized carbons (Fsp3) is 0.227. The van der Waals surface area contributed by atoms with E-state index in [2.05, 4.69) is 26.8 Å². The van der Waals surface area contributed by atoms with E-state index in [1.165, 1.54) is 0 Å². The van der Waals surface area contributed by atoms with E-state index in [9.17, 15) is 5.26 Å². The van der Waals surface area contributed by atoms with E-state index in [0.29, 0.717) is 42.5 Å². The zero-order chi connectivity index (χ0) is 21.3. The topological polar surface area (TPSA) is 104 Å². The van der Waals surface area contributed by atoms with Gasteiger partial charge in [0, 0.05) is 25.2 Å². The predicted octanol–water partition coefficient (Wildman–Crippen LogP) is 3.28. The first-order valence-corrected chi connectivity index (χ1v) is 10.0. The van der Waals surface area contributed by atoms with Gasteiger partial charge in [-0.2, -0.15) is 10.4 Å². The molecule has 154 valence electrons. The van der Waals surface area contributed by atoms with E-state index in [1.54, 1.807) is 11.7 Å². The van der Waals surface area contributed by atoms with E-state index in [-0.39, 0.29) is 0 Å². The number of nitrogens with two attached hydrogens (primary N) is 1. The second kappa shape index (κ2) is 10.3. The van der Waals surface area contributed by atoms with Gasteiger partial charge in [-0.15, -0.1) is 0 Å². The maximum Gasteiger partial charge on any atom is 0.191 e. The van der Waals surface area contributed by atoms with E-state index in [1.807, 2.05) is 54.6 Å². The molecule has 0 amide bonds. The molecular formula is C22H24ClN7. The molecule has 0 saturated carbocycles. The van der Waals surface area contributed by atoms with Crippen LogP contribution in [0.2, 0.25) is 5.02 Å². The first-order valence-electron chi connectivity index (χ1n) is 9.65. The van der Waals surface area contributed by atoms with Crippen LogP contribution in [0.4, 0.5) is 5.82 Å². The summed E-state index contributed by atoms with van der Waals surface area (Å²) in [7, 11) is 1.72. The largest absolute Gasteiger partial charge is 0.382 e. The van der Waals surface area contributed by atoms with Crippen molar-refractivity contribution in [3.05, 3.63) is 76.4 Å². The molecule has 0 radical (unpaired) electrons. The number of nitriles is 1. The summed E-state index contributed by atoms with van der Waals surface area (Å²) in [6.07, 6.45) is 1.40. The molecule has 3 aromatic rings. The molecule has 3 rings (SSSR count). The summed E-state index contributed by atoms with van der Waals surface area (Å²) in [6.45, 7) is 1.25. The van der Waals surface area contributed by atoms with Crippen molar-refractivity contribution in [3.63, 3.8) is 0 Å². The molecule has 1 aromatic heterocycles. The summed E-state index contributed by atoms with van der Waals surface area (Å²) in [5.41, 5.74) is 9.11. The van der Waals surface area contributed by atoms with Gasteiger partial charge in [0.25, 0.3) is 0 Å². The molecule has 0 fully saturated rings. The molecule has 0 saturated heterocycles. The van der Waals surface area contributed by atoms with Crippen molar-refractivity contribution in [1.82, 2.24) is 20.4 Å². The highest BCUT2D eigenvalue weighted by atomic mass is 35.5. The van der Waals surface area contributed by atoms with Crippen LogP contribution < -0.4 is 16.4 Å². The number of anilines is 1. The molecule has 0 aliphatic carbocycles. The maximum absolute atomic E-state index is 9.50. The number of aliphatic imine (C=N–C) groups is 1. The summed E-state index contributed by atoms with van der Waals surface area (Å²) < 4.78 is 1.62. The van der Waals surface area contributed by atoms with Crippen LogP contribution in [0.1, 0.15) is 23.2 Å². The number of aromatic nitrogens is 2. The van der Waals surface area contributed by atoms with Gasteiger partial charge in [-0.1, -0.05) is 48.0 Å². The molecule has 0 spiro atoms. The molecule has 0 aliphatic heterocycles. The van der Waals surface area contributed by atoms with Gasteiger partial charge >= 0.3 is 0 Å². The number of hydrogen-bond acceptors (Lipinski definition) is 4. The van der Waals surface area contributed by atoms with Crippen molar-refractivity contribution in [3.8, 4) is 11.8 Å². The highest BCUT2D eigenvalue weighted by Crippen LogP contribution is 2.21. The SMILES string of the molecule is CN=C(NCCCc1nn(-c2ccccc2)c(N)c1C#N)NCc1ccccc1Cl. The number of halogens is 1. The average Bonchev–Trinajstić information content (AvgIpc) is 3.10. The minimum Gasteiger partial charge on any atom is -0.382 e. The Labute approximate surface area is 181 Å². The van der Waals surface area contributed by atoms with E-state index < -0.39 is 0 Å². The summed E-state index contributed by atoms with van der Waals surface area (Å²) in [6, 6.07) is 19.4. The van der Waals surface area contributed by atoms with Gasteiger partial charge in [-0.25, -0.2) is 4.68 Å². The number of nitrogens with zero attached hydrogens (tertiary/aromatic N) is 4. The number of para-hydroxylation sites is 1. The van der Waals surface area contributed by atoms with Crippen molar-refractivity contribution in [1.29, 1.82) is 5.26 Å². The first kappa shape index (κ1) is 21.2. The van der Waals surface area contributed by atoms with Gasteiger partial charge in [0.05, 0.1) is 11.4 Å². The zero-order valence-corrected chi connectivity index (χ0v) is 17.5. The van der Waals surface area contributed by atoms with Crippen LogP contribution in [-0.2, 0) is 13.0 Å². The minimum absolute atomic E-state index is 0.365. The third-order valence-electron chi connectivity index (χ3n) is 4.62. The highest BCUT2D eigenvalue weighted by Gasteiger charge is 2.16. The number of hydrogen-bond donors (Lipinski definition) is 3. The van der Waals surface area contributed by atoms with Gasteiger partial charge in [-0.3, -0.25) is 4.99 Å². The zero-order valence-electron chi connectivity index (χ0n) is 16.8. The standard InChI is InChI=1S/C22H24ClN7/c1-26-22(28-15-16-8-5-6-11-19(16)23)27-13-7-12-20-18(14-24)21(25)30(29-20)17-9-3-2-4-10-17/h2-6,8-11H,7,12-13,15,25H2,1H3,(H2,26,27,28). The van der Waals surface area contributed by atoms with Crippen LogP contribution in [0, 0.1) is 11.3 Å². The van der Waals surface area contributed by atoms with Crippen molar-refractivity contribution in [2.75, 3.05) is 19.3 Å². The fourth-order valence-corrected chi connectivity index (χ4v) is 3.25. The summed E-state index contributed by atoms with van der Waals surface area (Å²) in [5, 5.41) is 21.3. The van der Waals surface area contributed by atoms with Crippen LogP contribution in [0.3, 0.4) is 0 Å². The van der Waals surface area contributed by atoms with Crippen LogP contribution in [0.5, 0.6) is 0 Å². The Morgan fingerprint density at radius 1 is 1.17 bits per heavy atom. The molecule has 1 heterocycles. The Bertz CT molecular complexity index is 1050. The second-order valence-corrected chi connectivity index (χ2v) is 7.02. The lowest BCUT2D eigenvalue weighted by Gasteiger charge is -2.12. The molecule has 30 heavy (non-hydrogen) atoms. The lowest BCUT2D eigenvalue weighted by atomic mass is 10.1. The van der Waals surface area contributed by atoms with Crippen LogP contribution in [0.15, 0.2) is 59.6 Å². The number of aryl methyl sites for hydroxylation is 1. The monoisotopic (exact) mass is 421 g/mol. The Hall–Kier alpha value is -3.50. The first-order chi connectivity index (χ1) is 14.6. The van der Waals surface area contributed by atoms with Crippen molar-refractivity contribution in [2.45, 2.75) is 19.4 Å². The summed E-state index contributed by atoms with van der Waals surface area (Å²) in [4.78, 5) is 4.23. The van der Waals surface area contributed by atoms with Crippen molar-refractivity contribution in [2.24, 2.45) is 4.99 Å². The van der Waals surface area contributed by atoms with E-state index in [0.717, 1.165) is 22.7 Å². The molecule has 2 aromatic carbocycles. The third-order valence-corrected chi connectivity index (χ3v) is 4.99. The van der Waals surface area contributed by atoms with Gasteiger partial charge in [-0.05, 0) is 36.6 Å². The Balaban J connectivity index is 1.55. The number of nitrogens with one attached hydrogen (secondary N) is 2. The van der Waals surface area contributed by atoms with Crippen LogP contribution >= 0.6 is 11.6 Å². The quantitative estimate of drug-likeness (QED) is 0.308. The maximum atomic E-state index is 9.50. The number of benzene rings is 2. The van der Waals surface area contributed by atoms with Crippen LogP contribution in [0.25, 0.3) is 5.69 Å². The molecule has 7 nitrogen and oxygen atoms in total. The van der Waals surface area contributed by atoms with E-state index >= 15 is 0 Å². The number of rotatable bonds is 7. The second-order valence-electron chi connectivity index (χ2n) is 6.61. The average molecular weight is 422 g/mol. The number of nitrogen functional groups attached to an aromatic ring is 1. The molecular weight excluding hydrogens is 398 g/mol. The Morgan fingerprint density at radius 2 is 1.90 bits per heavy atom. The molecule has 0 atom stereocenters. The van der Waals surface area contributed by atoms with Gasteiger partial charge < -0.3 is 16.4 Å². The van der Waals surface area contributed by atoms with Crippen LogP contribution in [-0.4, -0.2) is 29.3 Å². The van der Waals surface area contributed by atoms with E-state index in [4.69, 9.17) is 17.3 Å². The van der Waals surface area contributed by atoms with Crippen molar-refractivity contribution < 1.29 is 0 Å². The van der Waals surface area contributed by atoms with Gasteiger partial charge in [0.15, 0.2) is 5.96 Å². The lowest BCUT2D eigenvalue weighted by molar-refractivity contribution is 0.722. The molecule has 0 bridgehead atoms. The smallest absolute Gasteiger partial charge is 0.191 e. The summed E-state index contributed by atoms with van der Waals surface area (Å²) >= 11 is 6.19. The predicted molar refractivity (Wildman–Crippen MR) is 121 cm³/mol. The lowest BCUT2D eigenvalue weighted by Crippen LogP contribution is -2.37. The normalized spacial score (nSPS) is 11.2. The molecule has 4 N–H and O–H groups in total. The van der Waals surface area contributed by atoms with Crippen molar-refractivity contribution >= 4 is 23.4 Å². The minimum atomic E-state index is 0.365. The number of guanidine groups is 1. The third kappa shape index (κ3) is 5.10. The Kier molecular flexibility index (Phi) is 7.30. The van der Waals surface area contributed by atoms with Gasteiger partial charge in [0.1, 0.15) is 17.5 Å².